The summed E-state index contributed by atoms with van der Waals surface area (Å²) in [5, 5.41) is 2.48. The van der Waals surface area contributed by atoms with Crippen molar-refractivity contribution in [3.05, 3.63) is 32.6 Å². The lowest BCUT2D eigenvalue weighted by molar-refractivity contribution is -0.141. The maximum atomic E-state index is 12.8. The molecular weight excluding hydrogens is 353 g/mol. The minimum absolute atomic E-state index is 0.112. The molecule has 0 unspecified atom stereocenters. The quantitative estimate of drug-likeness (QED) is 0.834. The molecule has 0 aliphatic rings. The standard InChI is InChI=1S/C13H11F3N2O3S2/c1-3-21-12(20)7-4-6(2)23-11(7)18-10(19)8-9(13(14,15)16)17-5-22-8/h4-5H,3H2,1-2H3,(H,18,19). The van der Waals surface area contributed by atoms with Crippen LogP contribution in [0.3, 0.4) is 0 Å². The Bertz CT molecular complexity index is 737. The molecular formula is C13H11F3N2O3S2. The van der Waals surface area contributed by atoms with Crippen molar-refractivity contribution >= 4 is 39.6 Å². The zero-order chi connectivity index (χ0) is 17.2. The maximum Gasteiger partial charge on any atom is 0.434 e. The molecule has 0 aliphatic heterocycles. The highest BCUT2D eigenvalue weighted by Gasteiger charge is 2.38. The predicted molar refractivity (Wildman–Crippen MR) is 80.1 cm³/mol. The summed E-state index contributed by atoms with van der Waals surface area (Å²) >= 11 is 1.66. The number of ether oxygens (including phenoxy) is 1. The SMILES string of the molecule is CCOC(=O)c1cc(C)sc1NC(=O)c1scnc1C(F)(F)F. The first-order valence-corrected chi connectivity index (χ1v) is 8.03. The van der Waals surface area contributed by atoms with Gasteiger partial charge < -0.3 is 10.1 Å². The first-order valence-electron chi connectivity index (χ1n) is 6.33. The Hall–Kier alpha value is -1.94. The Labute approximate surface area is 137 Å². The lowest BCUT2D eigenvalue weighted by Gasteiger charge is -2.07. The van der Waals surface area contributed by atoms with Gasteiger partial charge in [-0.15, -0.1) is 22.7 Å². The molecule has 0 saturated carbocycles. The highest BCUT2D eigenvalue weighted by Crippen LogP contribution is 2.34. The second kappa shape index (κ2) is 6.67. The van der Waals surface area contributed by atoms with Crippen LogP contribution in [0.1, 0.15) is 37.5 Å². The van der Waals surface area contributed by atoms with Gasteiger partial charge in [0.2, 0.25) is 0 Å². The van der Waals surface area contributed by atoms with Crippen molar-refractivity contribution in [3.8, 4) is 0 Å². The molecule has 0 radical (unpaired) electrons. The molecule has 0 fully saturated rings. The molecule has 5 nitrogen and oxygen atoms in total. The molecule has 0 bridgehead atoms. The third kappa shape index (κ3) is 3.88. The largest absolute Gasteiger partial charge is 0.462 e. The van der Waals surface area contributed by atoms with Crippen molar-refractivity contribution in [3.63, 3.8) is 0 Å². The number of rotatable bonds is 4. The summed E-state index contributed by atoms with van der Waals surface area (Å²) in [6.45, 7) is 3.48. The number of anilines is 1. The number of carbonyl (C=O) groups excluding carboxylic acids is 2. The van der Waals surface area contributed by atoms with Crippen molar-refractivity contribution in [1.82, 2.24) is 4.98 Å². The van der Waals surface area contributed by atoms with E-state index in [0.717, 1.165) is 16.8 Å². The highest BCUT2D eigenvalue weighted by molar-refractivity contribution is 7.17. The van der Waals surface area contributed by atoms with E-state index in [1.54, 1.807) is 13.8 Å². The second-order valence-corrected chi connectivity index (χ2v) is 6.41. The average Bonchev–Trinajstić information content (AvgIpc) is 3.05. The van der Waals surface area contributed by atoms with Crippen LogP contribution in [0.2, 0.25) is 0 Å². The third-order valence-corrected chi connectivity index (χ3v) is 4.41. The van der Waals surface area contributed by atoms with Crippen molar-refractivity contribution in [2.75, 3.05) is 11.9 Å². The van der Waals surface area contributed by atoms with Gasteiger partial charge in [-0.1, -0.05) is 0 Å². The van der Waals surface area contributed by atoms with Crippen LogP contribution in [0, 0.1) is 6.92 Å². The monoisotopic (exact) mass is 364 g/mol. The topological polar surface area (TPSA) is 68.3 Å². The number of carbonyl (C=O) groups is 2. The number of amides is 1. The second-order valence-electron chi connectivity index (χ2n) is 4.30. The lowest BCUT2D eigenvalue weighted by Crippen LogP contribution is -2.18. The summed E-state index contributed by atoms with van der Waals surface area (Å²) in [5.74, 6) is -1.61. The fourth-order valence-corrected chi connectivity index (χ4v) is 3.33. The Morgan fingerprint density at radius 3 is 2.70 bits per heavy atom. The minimum atomic E-state index is -4.72. The smallest absolute Gasteiger partial charge is 0.434 e. The van der Waals surface area contributed by atoms with Crippen LogP contribution in [-0.4, -0.2) is 23.5 Å². The molecule has 1 amide bonds. The van der Waals surface area contributed by atoms with Crippen molar-refractivity contribution in [1.29, 1.82) is 0 Å². The van der Waals surface area contributed by atoms with Gasteiger partial charge in [-0.25, -0.2) is 9.78 Å². The number of hydrogen-bond donors (Lipinski definition) is 1. The number of hydrogen-bond acceptors (Lipinski definition) is 6. The fourth-order valence-electron chi connectivity index (χ4n) is 1.74. The molecule has 0 aromatic carbocycles. The number of thiazole rings is 1. The van der Waals surface area contributed by atoms with Gasteiger partial charge in [0.05, 0.1) is 17.7 Å². The predicted octanol–water partition coefficient (Wildman–Crippen LogP) is 3.96. The summed E-state index contributed by atoms with van der Waals surface area (Å²) < 4.78 is 43.2. The number of alkyl halides is 3. The van der Waals surface area contributed by atoms with Crippen molar-refractivity contribution < 1.29 is 27.5 Å². The Balaban J connectivity index is 2.28. The Kier molecular flexibility index (Phi) is 5.05. The zero-order valence-electron chi connectivity index (χ0n) is 12.0. The molecule has 10 heteroatoms. The summed E-state index contributed by atoms with van der Waals surface area (Å²) in [6, 6.07) is 1.51. The molecule has 23 heavy (non-hydrogen) atoms. The van der Waals surface area contributed by atoms with Gasteiger partial charge in [-0.2, -0.15) is 13.2 Å². The molecule has 2 heterocycles. The first kappa shape index (κ1) is 17.4. The summed E-state index contributed by atoms with van der Waals surface area (Å²) in [7, 11) is 0. The van der Waals surface area contributed by atoms with Gasteiger partial charge in [0.15, 0.2) is 5.69 Å². The molecule has 0 aliphatic carbocycles. The van der Waals surface area contributed by atoms with E-state index in [9.17, 15) is 22.8 Å². The zero-order valence-corrected chi connectivity index (χ0v) is 13.6. The highest BCUT2D eigenvalue weighted by atomic mass is 32.1. The Morgan fingerprint density at radius 1 is 1.39 bits per heavy atom. The van der Waals surface area contributed by atoms with E-state index in [-0.39, 0.29) is 17.2 Å². The van der Waals surface area contributed by atoms with E-state index in [1.807, 2.05) is 0 Å². The van der Waals surface area contributed by atoms with E-state index in [0.29, 0.717) is 16.2 Å². The van der Waals surface area contributed by atoms with Gasteiger partial charge in [0.25, 0.3) is 5.91 Å². The molecule has 0 atom stereocenters. The van der Waals surface area contributed by atoms with Gasteiger partial charge in [0.1, 0.15) is 9.88 Å². The van der Waals surface area contributed by atoms with Crippen molar-refractivity contribution in [2.24, 2.45) is 0 Å². The van der Waals surface area contributed by atoms with Crippen LogP contribution in [0.4, 0.5) is 18.2 Å². The van der Waals surface area contributed by atoms with Crippen LogP contribution in [0.25, 0.3) is 0 Å². The van der Waals surface area contributed by atoms with Crippen LogP contribution < -0.4 is 5.32 Å². The summed E-state index contributed by atoms with van der Waals surface area (Å²) in [4.78, 5) is 27.3. The van der Waals surface area contributed by atoms with Gasteiger partial charge >= 0.3 is 12.1 Å². The normalized spacial score (nSPS) is 11.3. The molecule has 0 spiro atoms. The molecule has 2 aromatic heterocycles. The number of thiophene rings is 1. The first-order chi connectivity index (χ1) is 10.7. The molecule has 0 saturated heterocycles. The lowest BCUT2D eigenvalue weighted by atomic mass is 10.3. The van der Waals surface area contributed by atoms with E-state index >= 15 is 0 Å². The van der Waals surface area contributed by atoms with Crippen molar-refractivity contribution in [2.45, 2.75) is 20.0 Å². The van der Waals surface area contributed by atoms with Crippen LogP contribution in [-0.2, 0) is 10.9 Å². The summed E-state index contributed by atoms with van der Waals surface area (Å²) in [5.41, 5.74) is -0.185. The average molecular weight is 364 g/mol. The number of esters is 1. The van der Waals surface area contributed by atoms with Gasteiger partial charge in [0, 0.05) is 4.88 Å². The third-order valence-electron chi connectivity index (χ3n) is 2.62. The molecule has 2 aromatic rings. The van der Waals surface area contributed by atoms with Crippen LogP contribution >= 0.6 is 22.7 Å². The number of nitrogens with zero attached hydrogens (tertiary/aromatic N) is 1. The number of aryl methyl sites for hydroxylation is 1. The Morgan fingerprint density at radius 2 is 2.09 bits per heavy atom. The minimum Gasteiger partial charge on any atom is -0.462 e. The maximum absolute atomic E-state index is 12.8. The number of aromatic nitrogens is 1. The van der Waals surface area contributed by atoms with Gasteiger partial charge in [-0.05, 0) is 19.9 Å². The van der Waals surface area contributed by atoms with Gasteiger partial charge in [-0.3, -0.25) is 4.79 Å². The molecule has 1 N–H and O–H groups in total. The number of halogens is 3. The van der Waals surface area contributed by atoms with Crippen LogP contribution in [0.15, 0.2) is 11.6 Å². The van der Waals surface area contributed by atoms with Crippen LogP contribution in [0.5, 0.6) is 0 Å². The van der Waals surface area contributed by atoms with E-state index in [1.165, 1.54) is 6.07 Å². The molecule has 2 rings (SSSR count). The summed E-state index contributed by atoms with van der Waals surface area (Å²) in [6.07, 6.45) is -4.72. The van der Waals surface area contributed by atoms with E-state index in [4.69, 9.17) is 4.74 Å². The van der Waals surface area contributed by atoms with E-state index in [2.05, 4.69) is 10.3 Å². The van der Waals surface area contributed by atoms with E-state index < -0.39 is 28.6 Å². The number of nitrogens with one attached hydrogen (secondary N) is 1. The fraction of sp³-hybridized carbons (Fsp3) is 0.308. The molecule has 124 valence electrons.